The van der Waals surface area contributed by atoms with Gasteiger partial charge in [0.25, 0.3) is 0 Å². The molecule has 16 heavy (non-hydrogen) atoms. The van der Waals surface area contributed by atoms with Gasteiger partial charge in [-0.2, -0.15) is 5.26 Å². The number of amides is 1. The summed E-state index contributed by atoms with van der Waals surface area (Å²) >= 11 is 0. The van der Waals surface area contributed by atoms with Crippen LogP contribution in [-0.2, 0) is 17.6 Å². The molecule has 0 atom stereocenters. The fourth-order valence-electron chi connectivity index (χ4n) is 2.16. The molecule has 1 aliphatic rings. The van der Waals surface area contributed by atoms with E-state index < -0.39 is 0 Å². The van der Waals surface area contributed by atoms with E-state index in [1.54, 1.807) is 0 Å². The molecular formula is C13H14N2O. The number of nitriles is 1. The summed E-state index contributed by atoms with van der Waals surface area (Å²) < 4.78 is 0. The number of fused-ring (bicyclic) bond motifs is 1. The number of nitrogens with zero attached hydrogens (tertiary/aromatic N) is 1. The zero-order valence-corrected chi connectivity index (χ0v) is 9.12. The van der Waals surface area contributed by atoms with Crippen molar-refractivity contribution in [2.24, 2.45) is 0 Å². The molecule has 0 saturated heterocycles. The van der Waals surface area contributed by atoms with Crippen LogP contribution in [0.15, 0.2) is 18.2 Å². The molecule has 3 heteroatoms. The number of benzene rings is 1. The summed E-state index contributed by atoms with van der Waals surface area (Å²) in [4.78, 5) is 11.4. The van der Waals surface area contributed by atoms with Crippen molar-refractivity contribution in [3.63, 3.8) is 0 Å². The Morgan fingerprint density at radius 1 is 1.38 bits per heavy atom. The summed E-state index contributed by atoms with van der Waals surface area (Å²) in [6.45, 7) is 0. The smallest absolute Gasteiger partial charge is 0.238 e. The molecule has 0 unspecified atom stereocenters. The first kappa shape index (κ1) is 10.7. The Balaban J connectivity index is 2.21. The lowest BCUT2D eigenvalue weighted by molar-refractivity contribution is -0.115. The van der Waals surface area contributed by atoms with Gasteiger partial charge in [0, 0.05) is 5.69 Å². The molecule has 1 N–H and O–H groups in total. The highest BCUT2D eigenvalue weighted by Gasteiger charge is 2.13. The van der Waals surface area contributed by atoms with Crippen molar-refractivity contribution in [2.75, 3.05) is 5.32 Å². The second-order valence-corrected chi connectivity index (χ2v) is 4.03. The SMILES string of the molecule is N#CCC(=O)Nc1cccc2c1CCCC2. The van der Waals surface area contributed by atoms with Crippen LogP contribution in [0.5, 0.6) is 0 Å². The van der Waals surface area contributed by atoms with Crippen LogP contribution >= 0.6 is 0 Å². The van der Waals surface area contributed by atoms with E-state index in [0.717, 1.165) is 18.5 Å². The number of rotatable bonds is 2. The fourth-order valence-corrected chi connectivity index (χ4v) is 2.16. The predicted octanol–water partition coefficient (Wildman–Crippen LogP) is 2.42. The number of aryl methyl sites for hydroxylation is 1. The van der Waals surface area contributed by atoms with Crippen molar-refractivity contribution in [1.29, 1.82) is 5.26 Å². The summed E-state index contributed by atoms with van der Waals surface area (Å²) in [5, 5.41) is 11.3. The maximum atomic E-state index is 11.4. The van der Waals surface area contributed by atoms with Crippen molar-refractivity contribution in [3.05, 3.63) is 29.3 Å². The minimum atomic E-state index is -0.221. The summed E-state index contributed by atoms with van der Waals surface area (Å²) in [5.74, 6) is -0.221. The van der Waals surface area contributed by atoms with Gasteiger partial charge < -0.3 is 5.32 Å². The first-order valence-electron chi connectivity index (χ1n) is 5.59. The average Bonchev–Trinajstić information content (AvgIpc) is 2.30. The van der Waals surface area contributed by atoms with E-state index in [2.05, 4.69) is 11.4 Å². The highest BCUT2D eigenvalue weighted by atomic mass is 16.1. The van der Waals surface area contributed by atoms with E-state index in [-0.39, 0.29) is 12.3 Å². The van der Waals surface area contributed by atoms with Gasteiger partial charge in [-0.15, -0.1) is 0 Å². The molecule has 0 aliphatic heterocycles. The van der Waals surface area contributed by atoms with Crippen LogP contribution in [0.4, 0.5) is 5.69 Å². The number of carbonyl (C=O) groups excluding carboxylic acids is 1. The second kappa shape index (κ2) is 4.80. The van der Waals surface area contributed by atoms with Crippen molar-refractivity contribution >= 4 is 11.6 Å². The van der Waals surface area contributed by atoms with Crippen LogP contribution in [0.25, 0.3) is 0 Å². The minimum absolute atomic E-state index is 0.0797. The molecule has 1 aromatic rings. The molecule has 82 valence electrons. The lowest BCUT2D eigenvalue weighted by atomic mass is 9.90. The maximum Gasteiger partial charge on any atom is 0.238 e. The van der Waals surface area contributed by atoms with Crippen molar-refractivity contribution < 1.29 is 4.79 Å². The Morgan fingerprint density at radius 2 is 2.19 bits per heavy atom. The van der Waals surface area contributed by atoms with E-state index in [0.29, 0.717) is 0 Å². The number of hydrogen-bond acceptors (Lipinski definition) is 2. The van der Waals surface area contributed by atoms with Crippen LogP contribution in [0, 0.1) is 11.3 Å². The molecule has 1 aliphatic carbocycles. The molecule has 0 fully saturated rings. The van der Waals surface area contributed by atoms with E-state index in [1.807, 2.05) is 18.2 Å². The van der Waals surface area contributed by atoms with Gasteiger partial charge in [0.05, 0.1) is 6.07 Å². The predicted molar refractivity (Wildman–Crippen MR) is 61.9 cm³/mol. The quantitative estimate of drug-likeness (QED) is 0.822. The highest BCUT2D eigenvalue weighted by Crippen LogP contribution is 2.27. The highest BCUT2D eigenvalue weighted by molar-refractivity contribution is 5.93. The maximum absolute atomic E-state index is 11.4. The van der Waals surface area contributed by atoms with Crippen molar-refractivity contribution in [1.82, 2.24) is 0 Å². The normalized spacial score (nSPS) is 13.7. The van der Waals surface area contributed by atoms with Gasteiger partial charge in [-0.05, 0) is 42.9 Å². The molecule has 0 aromatic heterocycles. The molecule has 2 rings (SSSR count). The standard InChI is InChI=1S/C13H14N2O/c14-9-8-13(16)15-12-7-3-5-10-4-1-2-6-11(10)12/h3,5,7H,1-2,4,6,8H2,(H,15,16). The molecule has 0 bridgehead atoms. The zero-order chi connectivity index (χ0) is 11.4. The Kier molecular flexibility index (Phi) is 3.21. The summed E-state index contributed by atoms with van der Waals surface area (Å²) in [5.41, 5.74) is 3.47. The van der Waals surface area contributed by atoms with Crippen LogP contribution in [0.2, 0.25) is 0 Å². The molecule has 0 radical (unpaired) electrons. The summed E-state index contributed by atoms with van der Waals surface area (Å²) in [6.07, 6.45) is 4.44. The Bertz CT molecular complexity index is 446. The summed E-state index contributed by atoms with van der Waals surface area (Å²) in [7, 11) is 0. The Hall–Kier alpha value is -1.82. The monoisotopic (exact) mass is 214 g/mol. The van der Waals surface area contributed by atoms with Gasteiger partial charge >= 0.3 is 0 Å². The third-order valence-corrected chi connectivity index (χ3v) is 2.91. The van der Waals surface area contributed by atoms with Gasteiger partial charge in [-0.1, -0.05) is 12.1 Å². The molecule has 3 nitrogen and oxygen atoms in total. The van der Waals surface area contributed by atoms with Gasteiger partial charge in [0.2, 0.25) is 5.91 Å². The molecule has 1 aromatic carbocycles. The van der Waals surface area contributed by atoms with Crippen LogP contribution in [-0.4, -0.2) is 5.91 Å². The summed E-state index contributed by atoms with van der Waals surface area (Å²) in [6, 6.07) is 7.86. The largest absolute Gasteiger partial charge is 0.325 e. The molecular weight excluding hydrogens is 200 g/mol. The number of anilines is 1. The molecule has 0 saturated carbocycles. The second-order valence-electron chi connectivity index (χ2n) is 4.03. The molecule has 1 amide bonds. The molecule has 0 heterocycles. The van der Waals surface area contributed by atoms with Crippen LogP contribution < -0.4 is 5.32 Å². The zero-order valence-electron chi connectivity index (χ0n) is 9.12. The van der Waals surface area contributed by atoms with Crippen LogP contribution in [0.3, 0.4) is 0 Å². The van der Waals surface area contributed by atoms with Crippen molar-refractivity contribution in [3.8, 4) is 6.07 Å². The van der Waals surface area contributed by atoms with E-state index >= 15 is 0 Å². The Morgan fingerprint density at radius 3 is 3.00 bits per heavy atom. The topological polar surface area (TPSA) is 52.9 Å². The molecule has 0 spiro atoms. The average molecular weight is 214 g/mol. The van der Waals surface area contributed by atoms with Gasteiger partial charge in [-0.25, -0.2) is 0 Å². The number of hydrogen-bond donors (Lipinski definition) is 1. The third kappa shape index (κ3) is 2.22. The fraction of sp³-hybridized carbons (Fsp3) is 0.385. The Labute approximate surface area is 95.1 Å². The lowest BCUT2D eigenvalue weighted by Crippen LogP contribution is -2.14. The lowest BCUT2D eigenvalue weighted by Gasteiger charge is -2.19. The first-order valence-corrected chi connectivity index (χ1v) is 5.59. The first-order chi connectivity index (χ1) is 7.81. The van der Waals surface area contributed by atoms with Crippen LogP contribution in [0.1, 0.15) is 30.4 Å². The van der Waals surface area contributed by atoms with Gasteiger partial charge in [0.1, 0.15) is 6.42 Å². The van der Waals surface area contributed by atoms with E-state index in [4.69, 9.17) is 5.26 Å². The third-order valence-electron chi connectivity index (χ3n) is 2.91. The van der Waals surface area contributed by atoms with Crippen molar-refractivity contribution in [2.45, 2.75) is 32.1 Å². The van der Waals surface area contributed by atoms with Gasteiger partial charge in [0.15, 0.2) is 0 Å². The van der Waals surface area contributed by atoms with E-state index in [9.17, 15) is 4.79 Å². The number of carbonyl (C=O) groups is 1. The minimum Gasteiger partial charge on any atom is -0.325 e. The number of nitrogens with one attached hydrogen (secondary N) is 1. The van der Waals surface area contributed by atoms with E-state index in [1.165, 1.54) is 24.0 Å². The van der Waals surface area contributed by atoms with Gasteiger partial charge in [-0.3, -0.25) is 4.79 Å².